The Bertz CT molecular complexity index is 969. The van der Waals surface area contributed by atoms with E-state index in [0.717, 1.165) is 4.47 Å². The van der Waals surface area contributed by atoms with E-state index < -0.39 is 0 Å². The van der Waals surface area contributed by atoms with Crippen molar-refractivity contribution >= 4 is 44.4 Å². The first kappa shape index (κ1) is 16.9. The Labute approximate surface area is 152 Å². The van der Waals surface area contributed by atoms with Crippen LogP contribution in [0.15, 0.2) is 63.0 Å². The van der Waals surface area contributed by atoms with Crippen molar-refractivity contribution in [1.29, 1.82) is 0 Å². The molecule has 0 unspecified atom stereocenters. The molecule has 3 rings (SSSR count). The van der Waals surface area contributed by atoms with Crippen molar-refractivity contribution in [3.8, 4) is 0 Å². The molecule has 0 fully saturated rings. The molecule has 122 valence electrons. The van der Waals surface area contributed by atoms with E-state index in [2.05, 4.69) is 20.9 Å². The number of carbonyl (C=O) groups is 1. The highest BCUT2D eigenvalue weighted by molar-refractivity contribution is 9.10. The van der Waals surface area contributed by atoms with Crippen molar-refractivity contribution in [2.75, 3.05) is 5.75 Å². The second kappa shape index (κ2) is 7.32. The first-order valence-electron chi connectivity index (χ1n) is 7.51. The van der Waals surface area contributed by atoms with Crippen molar-refractivity contribution in [2.45, 2.75) is 18.6 Å². The summed E-state index contributed by atoms with van der Waals surface area (Å²) in [7, 11) is 0. The van der Waals surface area contributed by atoms with Crippen LogP contribution in [0.25, 0.3) is 10.9 Å². The largest absolute Gasteiger partial charge is 0.293 e. The summed E-state index contributed by atoms with van der Waals surface area (Å²) in [6.07, 6.45) is 0. The average Bonchev–Trinajstić information content (AvgIpc) is 2.60. The Morgan fingerprint density at radius 2 is 2.00 bits per heavy atom. The molecule has 0 saturated carbocycles. The molecule has 3 aromatic rings. The molecule has 0 amide bonds. The van der Waals surface area contributed by atoms with Gasteiger partial charge in [0.2, 0.25) is 0 Å². The van der Waals surface area contributed by atoms with Crippen LogP contribution in [0.2, 0.25) is 0 Å². The van der Waals surface area contributed by atoms with E-state index >= 15 is 0 Å². The van der Waals surface area contributed by atoms with Crippen molar-refractivity contribution in [2.24, 2.45) is 0 Å². The fourth-order valence-electron chi connectivity index (χ4n) is 2.41. The number of ketones is 1. The summed E-state index contributed by atoms with van der Waals surface area (Å²) in [5.41, 5.74) is 1.23. The molecule has 24 heavy (non-hydrogen) atoms. The third kappa shape index (κ3) is 3.44. The number of carbonyl (C=O) groups excluding carboxylic acids is 1. The molecule has 2 aromatic carbocycles. The van der Waals surface area contributed by atoms with Gasteiger partial charge in [-0.2, -0.15) is 0 Å². The Balaban J connectivity index is 1.90. The van der Waals surface area contributed by atoms with E-state index in [1.165, 1.54) is 11.8 Å². The maximum Gasteiger partial charge on any atom is 0.262 e. The topological polar surface area (TPSA) is 52.0 Å². The van der Waals surface area contributed by atoms with Gasteiger partial charge < -0.3 is 0 Å². The van der Waals surface area contributed by atoms with Gasteiger partial charge in [0.25, 0.3) is 5.56 Å². The number of hydrogen-bond acceptors (Lipinski definition) is 4. The maximum absolute atomic E-state index is 12.6. The molecule has 6 heteroatoms. The molecular formula is C18H15BrN2O2S. The molecule has 0 bridgehead atoms. The normalized spacial score (nSPS) is 10.9. The van der Waals surface area contributed by atoms with Gasteiger partial charge in [-0.25, -0.2) is 4.98 Å². The standard InChI is InChI=1S/C18H15BrN2O2S/c1-2-21-17(23)14-8-3-4-9-15(14)20-18(21)24-11-16(22)12-6-5-7-13(19)10-12/h3-10H,2,11H2,1H3. The lowest BCUT2D eigenvalue weighted by Gasteiger charge is -2.10. The van der Waals surface area contributed by atoms with Crippen LogP contribution >= 0.6 is 27.7 Å². The number of fused-ring (bicyclic) bond motifs is 1. The van der Waals surface area contributed by atoms with Crippen LogP contribution in [0.1, 0.15) is 17.3 Å². The number of nitrogens with zero attached hydrogens (tertiary/aromatic N) is 2. The predicted molar refractivity (Wildman–Crippen MR) is 101 cm³/mol. The molecule has 1 aromatic heterocycles. The molecule has 0 saturated heterocycles. The summed E-state index contributed by atoms with van der Waals surface area (Å²) in [6.45, 7) is 2.42. The van der Waals surface area contributed by atoms with Gasteiger partial charge in [0.05, 0.1) is 16.7 Å². The van der Waals surface area contributed by atoms with E-state index in [1.807, 2.05) is 37.3 Å². The van der Waals surface area contributed by atoms with Gasteiger partial charge in [0, 0.05) is 16.6 Å². The van der Waals surface area contributed by atoms with Gasteiger partial charge >= 0.3 is 0 Å². The van der Waals surface area contributed by atoms with Gasteiger partial charge in [-0.05, 0) is 31.2 Å². The molecule has 0 aliphatic heterocycles. The third-order valence-electron chi connectivity index (χ3n) is 3.62. The first-order valence-corrected chi connectivity index (χ1v) is 9.29. The van der Waals surface area contributed by atoms with Crippen LogP contribution in [-0.4, -0.2) is 21.1 Å². The molecular weight excluding hydrogens is 388 g/mol. The number of benzene rings is 2. The van der Waals surface area contributed by atoms with Crippen LogP contribution < -0.4 is 5.56 Å². The predicted octanol–water partition coefficient (Wildman–Crippen LogP) is 4.15. The van der Waals surface area contributed by atoms with Crippen molar-refractivity contribution in [1.82, 2.24) is 9.55 Å². The van der Waals surface area contributed by atoms with Gasteiger partial charge in [-0.15, -0.1) is 0 Å². The van der Waals surface area contributed by atoms with E-state index in [-0.39, 0.29) is 17.1 Å². The second-order valence-electron chi connectivity index (χ2n) is 5.18. The SMILES string of the molecule is CCn1c(SCC(=O)c2cccc(Br)c2)nc2ccccc2c1=O. The Kier molecular flexibility index (Phi) is 5.16. The Hall–Kier alpha value is -1.92. The van der Waals surface area contributed by atoms with Crippen molar-refractivity contribution in [3.63, 3.8) is 0 Å². The summed E-state index contributed by atoms with van der Waals surface area (Å²) in [6, 6.07) is 14.6. The number of halogens is 1. The molecule has 0 radical (unpaired) electrons. The second-order valence-corrected chi connectivity index (χ2v) is 7.04. The zero-order valence-corrected chi connectivity index (χ0v) is 15.4. The summed E-state index contributed by atoms with van der Waals surface area (Å²) in [5, 5.41) is 1.17. The Morgan fingerprint density at radius 1 is 1.21 bits per heavy atom. The lowest BCUT2D eigenvalue weighted by Crippen LogP contribution is -2.22. The summed E-state index contributed by atoms with van der Waals surface area (Å²) in [4.78, 5) is 29.5. The third-order valence-corrected chi connectivity index (χ3v) is 5.09. The van der Waals surface area contributed by atoms with Crippen LogP contribution in [0, 0.1) is 0 Å². The van der Waals surface area contributed by atoms with Crippen LogP contribution in [0.5, 0.6) is 0 Å². The number of aromatic nitrogens is 2. The highest BCUT2D eigenvalue weighted by Crippen LogP contribution is 2.20. The number of hydrogen-bond donors (Lipinski definition) is 0. The van der Waals surface area contributed by atoms with E-state index in [1.54, 1.807) is 22.8 Å². The van der Waals surface area contributed by atoms with Gasteiger partial charge in [0.15, 0.2) is 10.9 Å². The minimum absolute atomic E-state index is 0.00589. The lowest BCUT2D eigenvalue weighted by atomic mass is 10.2. The highest BCUT2D eigenvalue weighted by atomic mass is 79.9. The summed E-state index contributed by atoms with van der Waals surface area (Å²) >= 11 is 4.67. The van der Waals surface area contributed by atoms with Gasteiger partial charge in [0.1, 0.15) is 0 Å². The minimum Gasteiger partial charge on any atom is -0.293 e. The summed E-state index contributed by atoms with van der Waals surface area (Å²) < 4.78 is 2.48. The minimum atomic E-state index is -0.0690. The number of thioether (sulfide) groups is 1. The molecule has 0 atom stereocenters. The Morgan fingerprint density at radius 3 is 2.75 bits per heavy atom. The molecule has 0 N–H and O–H groups in total. The molecule has 0 aliphatic carbocycles. The van der Waals surface area contributed by atoms with Crippen molar-refractivity contribution in [3.05, 3.63) is 68.9 Å². The van der Waals surface area contributed by atoms with Gasteiger partial charge in [-0.1, -0.05) is 52.0 Å². The van der Waals surface area contributed by atoms with Crippen LogP contribution in [0.3, 0.4) is 0 Å². The molecule has 4 nitrogen and oxygen atoms in total. The average molecular weight is 403 g/mol. The fraction of sp³-hybridized carbons (Fsp3) is 0.167. The van der Waals surface area contributed by atoms with Crippen molar-refractivity contribution < 1.29 is 4.79 Å². The number of rotatable bonds is 5. The molecule has 0 spiro atoms. The smallest absolute Gasteiger partial charge is 0.262 e. The first-order chi connectivity index (χ1) is 11.6. The maximum atomic E-state index is 12.6. The van der Waals surface area contributed by atoms with Crippen LogP contribution in [-0.2, 0) is 6.54 Å². The van der Waals surface area contributed by atoms with Gasteiger partial charge in [-0.3, -0.25) is 14.2 Å². The number of Topliss-reactive ketones (excluding diaryl/α,β-unsaturated/α-hetero) is 1. The summed E-state index contributed by atoms with van der Waals surface area (Å²) in [5.74, 6) is 0.243. The fourth-order valence-corrected chi connectivity index (χ4v) is 3.77. The highest BCUT2D eigenvalue weighted by Gasteiger charge is 2.13. The molecule has 1 heterocycles. The van der Waals surface area contributed by atoms with E-state index in [9.17, 15) is 9.59 Å². The lowest BCUT2D eigenvalue weighted by molar-refractivity contribution is 0.102. The van der Waals surface area contributed by atoms with E-state index in [4.69, 9.17) is 0 Å². The zero-order valence-electron chi connectivity index (χ0n) is 13.0. The quantitative estimate of drug-likeness (QED) is 0.365. The van der Waals surface area contributed by atoms with E-state index in [0.29, 0.717) is 28.2 Å². The zero-order chi connectivity index (χ0) is 17.1. The monoisotopic (exact) mass is 402 g/mol. The number of para-hydroxylation sites is 1. The molecule has 0 aliphatic rings. The van der Waals surface area contributed by atoms with Crippen LogP contribution in [0.4, 0.5) is 0 Å².